The summed E-state index contributed by atoms with van der Waals surface area (Å²) in [5.74, 6) is 0.140. The van der Waals surface area contributed by atoms with Crippen molar-refractivity contribution >= 4 is 5.91 Å². The molecule has 1 N–H and O–H groups in total. The first kappa shape index (κ1) is 17.3. The molecule has 1 atom stereocenters. The molecule has 0 bridgehead atoms. The Kier molecular flexibility index (Phi) is 6.40. The predicted molar refractivity (Wildman–Crippen MR) is 96.2 cm³/mol. The molecular formula is C21H27NO. The highest BCUT2D eigenvalue weighted by atomic mass is 16.1. The Morgan fingerprint density at radius 3 is 2.17 bits per heavy atom. The third-order valence-electron chi connectivity index (χ3n) is 4.23. The number of carbonyl (C=O) groups excluding carboxylic acids is 1. The first-order chi connectivity index (χ1) is 11.1. The SMILES string of the molecule is CCCCCC(=O)NC(C)(Cc1ccccc1)c1ccccc1. The highest BCUT2D eigenvalue weighted by Gasteiger charge is 2.28. The lowest BCUT2D eigenvalue weighted by Crippen LogP contribution is -2.45. The molecule has 0 saturated carbocycles. The van der Waals surface area contributed by atoms with Crippen molar-refractivity contribution in [3.63, 3.8) is 0 Å². The van der Waals surface area contributed by atoms with Crippen LogP contribution in [0, 0.1) is 0 Å². The Morgan fingerprint density at radius 2 is 1.57 bits per heavy atom. The molecule has 1 unspecified atom stereocenters. The lowest BCUT2D eigenvalue weighted by Gasteiger charge is -2.32. The van der Waals surface area contributed by atoms with Crippen molar-refractivity contribution in [3.05, 3.63) is 71.8 Å². The zero-order valence-electron chi connectivity index (χ0n) is 14.2. The molecule has 0 radical (unpaired) electrons. The molecular weight excluding hydrogens is 282 g/mol. The number of hydrogen-bond donors (Lipinski definition) is 1. The molecule has 122 valence electrons. The fraction of sp³-hybridized carbons (Fsp3) is 0.381. The molecule has 23 heavy (non-hydrogen) atoms. The molecule has 2 aromatic carbocycles. The number of hydrogen-bond acceptors (Lipinski definition) is 1. The van der Waals surface area contributed by atoms with Gasteiger partial charge >= 0.3 is 0 Å². The van der Waals surface area contributed by atoms with Crippen LogP contribution in [0.1, 0.15) is 50.7 Å². The molecule has 0 fully saturated rings. The van der Waals surface area contributed by atoms with Gasteiger partial charge in [0, 0.05) is 6.42 Å². The number of unbranched alkanes of at least 4 members (excludes halogenated alkanes) is 2. The van der Waals surface area contributed by atoms with Gasteiger partial charge in [-0.2, -0.15) is 0 Å². The van der Waals surface area contributed by atoms with Crippen molar-refractivity contribution in [2.75, 3.05) is 0 Å². The van der Waals surface area contributed by atoms with Crippen LogP contribution in [-0.4, -0.2) is 5.91 Å². The van der Waals surface area contributed by atoms with Gasteiger partial charge in [-0.25, -0.2) is 0 Å². The van der Waals surface area contributed by atoms with Gasteiger partial charge in [-0.05, 0) is 30.9 Å². The van der Waals surface area contributed by atoms with Gasteiger partial charge in [0.25, 0.3) is 0 Å². The number of benzene rings is 2. The summed E-state index contributed by atoms with van der Waals surface area (Å²) in [6, 6.07) is 20.6. The zero-order chi connectivity index (χ0) is 16.5. The molecule has 2 aromatic rings. The summed E-state index contributed by atoms with van der Waals surface area (Å²) in [7, 11) is 0. The van der Waals surface area contributed by atoms with Gasteiger partial charge in [-0.3, -0.25) is 4.79 Å². The topological polar surface area (TPSA) is 29.1 Å². The van der Waals surface area contributed by atoms with Crippen LogP contribution in [0.2, 0.25) is 0 Å². The number of nitrogens with one attached hydrogen (secondary N) is 1. The van der Waals surface area contributed by atoms with Crippen LogP contribution in [0.4, 0.5) is 0 Å². The molecule has 0 aliphatic rings. The highest BCUT2D eigenvalue weighted by Crippen LogP contribution is 2.26. The summed E-state index contributed by atoms with van der Waals surface area (Å²) >= 11 is 0. The van der Waals surface area contributed by atoms with Gasteiger partial charge in [-0.15, -0.1) is 0 Å². The van der Waals surface area contributed by atoms with Crippen LogP contribution in [0.5, 0.6) is 0 Å². The van der Waals surface area contributed by atoms with Gasteiger partial charge < -0.3 is 5.32 Å². The quantitative estimate of drug-likeness (QED) is 0.694. The predicted octanol–water partition coefficient (Wildman–Crippen LogP) is 4.84. The Balaban J connectivity index is 2.16. The van der Waals surface area contributed by atoms with Gasteiger partial charge in [0.05, 0.1) is 5.54 Å². The van der Waals surface area contributed by atoms with Crippen LogP contribution in [0.25, 0.3) is 0 Å². The molecule has 0 aliphatic heterocycles. The fourth-order valence-electron chi connectivity index (χ4n) is 2.93. The largest absolute Gasteiger partial charge is 0.347 e. The van der Waals surface area contributed by atoms with Gasteiger partial charge in [0.1, 0.15) is 0 Å². The lowest BCUT2D eigenvalue weighted by atomic mass is 9.85. The maximum absolute atomic E-state index is 12.4. The molecule has 0 spiro atoms. The monoisotopic (exact) mass is 309 g/mol. The Hall–Kier alpha value is -2.09. The second-order valence-electron chi connectivity index (χ2n) is 6.37. The van der Waals surface area contributed by atoms with Crippen LogP contribution in [-0.2, 0) is 16.8 Å². The molecule has 0 heterocycles. The second kappa shape index (κ2) is 8.52. The molecule has 2 rings (SSSR count). The maximum Gasteiger partial charge on any atom is 0.220 e. The minimum absolute atomic E-state index is 0.140. The van der Waals surface area contributed by atoms with E-state index in [0.29, 0.717) is 6.42 Å². The van der Waals surface area contributed by atoms with E-state index in [-0.39, 0.29) is 11.4 Å². The molecule has 0 aromatic heterocycles. The Morgan fingerprint density at radius 1 is 0.957 bits per heavy atom. The summed E-state index contributed by atoms with van der Waals surface area (Å²) in [5, 5.41) is 3.28. The van der Waals surface area contributed by atoms with E-state index >= 15 is 0 Å². The summed E-state index contributed by atoms with van der Waals surface area (Å²) in [4.78, 5) is 12.4. The van der Waals surface area contributed by atoms with Crippen molar-refractivity contribution in [1.82, 2.24) is 5.32 Å². The number of rotatable bonds is 8. The highest BCUT2D eigenvalue weighted by molar-refractivity contribution is 5.77. The van der Waals surface area contributed by atoms with Gasteiger partial charge in [0.15, 0.2) is 0 Å². The lowest BCUT2D eigenvalue weighted by molar-refractivity contribution is -0.123. The summed E-state index contributed by atoms with van der Waals surface area (Å²) < 4.78 is 0. The first-order valence-electron chi connectivity index (χ1n) is 8.54. The molecule has 0 aliphatic carbocycles. The van der Waals surface area contributed by atoms with Crippen molar-refractivity contribution in [3.8, 4) is 0 Å². The summed E-state index contributed by atoms with van der Waals surface area (Å²) in [5.41, 5.74) is 1.99. The second-order valence-corrected chi connectivity index (χ2v) is 6.37. The van der Waals surface area contributed by atoms with E-state index in [1.807, 2.05) is 36.4 Å². The van der Waals surface area contributed by atoms with Crippen LogP contribution in [0.3, 0.4) is 0 Å². The zero-order valence-corrected chi connectivity index (χ0v) is 14.2. The Labute approximate surface area is 139 Å². The standard InChI is InChI=1S/C21H27NO/c1-3-4-7-16-20(23)22-21(2,19-14-10-6-11-15-19)17-18-12-8-5-9-13-18/h5-6,8-15H,3-4,7,16-17H2,1-2H3,(H,22,23). The first-order valence-corrected chi connectivity index (χ1v) is 8.54. The van der Waals surface area contributed by atoms with Crippen LogP contribution >= 0.6 is 0 Å². The van der Waals surface area contributed by atoms with E-state index in [1.165, 1.54) is 5.56 Å². The minimum atomic E-state index is -0.383. The average molecular weight is 309 g/mol. The molecule has 1 amide bonds. The van der Waals surface area contributed by atoms with Crippen molar-refractivity contribution < 1.29 is 4.79 Å². The third-order valence-corrected chi connectivity index (χ3v) is 4.23. The van der Waals surface area contributed by atoms with Crippen molar-refractivity contribution in [2.45, 2.75) is 51.5 Å². The molecule has 2 heteroatoms. The van der Waals surface area contributed by atoms with Gasteiger partial charge in [0.2, 0.25) is 5.91 Å². The van der Waals surface area contributed by atoms with E-state index in [4.69, 9.17) is 0 Å². The van der Waals surface area contributed by atoms with E-state index in [1.54, 1.807) is 0 Å². The number of carbonyl (C=O) groups is 1. The molecule has 2 nitrogen and oxygen atoms in total. The maximum atomic E-state index is 12.4. The fourth-order valence-corrected chi connectivity index (χ4v) is 2.93. The van der Waals surface area contributed by atoms with E-state index in [2.05, 4.69) is 43.4 Å². The summed E-state index contributed by atoms with van der Waals surface area (Å²) in [6.07, 6.45) is 4.59. The normalized spacial score (nSPS) is 13.3. The van der Waals surface area contributed by atoms with E-state index in [0.717, 1.165) is 31.2 Å². The van der Waals surface area contributed by atoms with Crippen molar-refractivity contribution in [2.24, 2.45) is 0 Å². The smallest absolute Gasteiger partial charge is 0.220 e. The molecule has 0 saturated heterocycles. The van der Waals surface area contributed by atoms with Crippen LogP contribution in [0.15, 0.2) is 60.7 Å². The third kappa shape index (κ3) is 5.24. The van der Waals surface area contributed by atoms with E-state index < -0.39 is 0 Å². The van der Waals surface area contributed by atoms with Crippen LogP contribution < -0.4 is 5.32 Å². The Bertz CT molecular complexity index is 594. The average Bonchev–Trinajstić information content (AvgIpc) is 2.57. The summed E-state index contributed by atoms with van der Waals surface area (Å²) in [6.45, 7) is 4.27. The van der Waals surface area contributed by atoms with E-state index in [9.17, 15) is 4.79 Å². The van der Waals surface area contributed by atoms with Gasteiger partial charge in [-0.1, -0.05) is 80.4 Å². The number of amides is 1. The van der Waals surface area contributed by atoms with Crippen molar-refractivity contribution in [1.29, 1.82) is 0 Å². The minimum Gasteiger partial charge on any atom is -0.347 e.